The van der Waals surface area contributed by atoms with Gasteiger partial charge in [0.2, 0.25) is 5.91 Å². The molecule has 100 valence electrons. The minimum atomic E-state index is -0.0796. The average molecular weight is 264 g/mol. The van der Waals surface area contributed by atoms with Crippen LogP contribution >= 0.6 is 0 Å². The number of nitriles is 1. The van der Waals surface area contributed by atoms with E-state index >= 15 is 0 Å². The summed E-state index contributed by atoms with van der Waals surface area (Å²) in [5.41, 5.74) is 2.18. The number of benzene rings is 2. The van der Waals surface area contributed by atoms with E-state index in [0.717, 1.165) is 5.56 Å². The van der Waals surface area contributed by atoms with Crippen LogP contribution in [0.5, 0.6) is 0 Å². The quantitative estimate of drug-likeness (QED) is 0.915. The minimum absolute atomic E-state index is 0.0796. The molecular formula is C17H16N2O. The van der Waals surface area contributed by atoms with Gasteiger partial charge in [-0.1, -0.05) is 49.4 Å². The van der Waals surface area contributed by atoms with Crippen LogP contribution in [0.1, 0.15) is 30.4 Å². The molecule has 0 saturated heterocycles. The third-order valence-electron chi connectivity index (χ3n) is 3.18. The van der Waals surface area contributed by atoms with Crippen LogP contribution in [-0.4, -0.2) is 5.91 Å². The first-order valence-corrected chi connectivity index (χ1v) is 6.54. The summed E-state index contributed by atoms with van der Waals surface area (Å²) in [7, 11) is 0. The minimum Gasteiger partial charge on any atom is -0.325 e. The topological polar surface area (TPSA) is 52.9 Å². The first-order valence-electron chi connectivity index (χ1n) is 6.54. The maximum atomic E-state index is 12.0. The first-order chi connectivity index (χ1) is 9.70. The van der Waals surface area contributed by atoms with E-state index in [1.165, 1.54) is 0 Å². The summed E-state index contributed by atoms with van der Waals surface area (Å²) in [6.07, 6.45) is 0.393. The van der Waals surface area contributed by atoms with Gasteiger partial charge in [-0.2, -0.15) is 5.26 Å². The number of hydrogen-bond donors (Lipinski definition) is 1. The van der Waals surface area contributed by atoms with Crippen molar-refractivity contribution in [2.24, 2.45) is 0 Å². The molecule has 2 rings (SSSR count). The van der Waals surface area contributed by atoms with Crippen molar-refractivity contribution in [2.75, 3.05) is 5.32 Å². The van der Waals surface area contributed by atoms with E-state index in [0.29, 0.717) is 17.7 Å². The summed E-state index contributed by atoms with van der Waals surface area (Å²) < 4.78 is 0. The standard InChI is InChI=1S/C17H16N2O/c1-13(14-7-3-2-4-8-14)11-17(20)19-16-10-6-5-9-15(16)12-18/h2-10,13H,11H2,1H3,(H,19,20)/t13-/m1/s1. The van der Waals surface area contributed by atoms with Crippen molar-refractivity contribution in [2.45, 2.75) is 19.3 Å². The number of nitrogens with zero attached hydrogens (tertiary/aromatic N) is 1. The van der Waals surface area contributed by atoms with Crippen molar-refractivity contribution in [3.63, 3.8) is 0 Å². The predicted molar refractivity (Wildman–Crippen MR) is 79.3 cm³/mol. The molecule has 0 saturated carbocycles. The molecule has 0 fully saturated rings. The molecule has 3 nitrogen and oxygen atoms in total. The van der Waals surface area contributed by atoms with E-state index in [9.17, 15) is 4.79 Å². The van der Waals surface area contributed by atoms with E-state index in [1.54, 1.807) is 24.3 Å². The van der Waals surface area contributed by atoms with Gasteiger partial charge in [-0.3, -0.25) is 4.79 Å². The van der Waals surface area contributed by atoms with Gasteiger partial charge in [-0.05, 0) is 23.6 Å². The Bertz CT molecular complexity index is 629. The van der Waals surface area contributed by atoms with Gasteiger partial charge < -0.3 is 5.32 Å². The van der Waals surface area contributed by atoms with Crippen molar-refractivity contribution >= 4 is 11.6 Å². The molecule has 1 N–H and O–H groups in total. The third-order valence-corrected chi connectivity index (χ3v) is 3.18. The Labute approximate surface area is 118 Å². The lowest BCUT2D eigenvalue weighted by Gasteiger charge is -2.12. The highest BCUT2D eigenvalue weighted by Crippen LogP contribution is 2.20. The Morgan fingerprint density at radius 1 is 1.15 bits per heavy atom. The van der Waals surface area contributed by atoms with Crippen LogP contribution in [0.2, 0.25) is 0 Å². The van der Waals surface area contributed by atoms with Gasteiger partial charge in [-0.25, -0.2) is 0 Å². The first kappa shape index (κ1) is 13.8. The maximum absolute atomic E-state index is 12.0. The Kier molecular flexibility index (Phi) is 4.52. The van der Waals surface area contributed by atoms with Crippen molar-refractivity contribution in [1.82, 2.24) is 0 Å². The summed E-state index contributed by atoms with van der Waals surface area (Å²) in [6, 6.07) is 19.0. The van der Waals surface area contributed by atoms with Crippen LogP contribution in [-0.2, 0) is 4.79 Å². The van der Waals surface area contributed by atoms with E-state index in [-0.39, 0.29) is 11.8 Å². The lowest BCUT2D eigenvalue weighted by atomic mass is 9.97. The second-order valence-corrected chi connectivity index (χ2v) is 4.72. The highest BCUT2D eigenvalue weighted by atomic mass is 16.1. The van der Waals surface area contributed by atoms with Gasteiger partial charge in [0, 0.05) is 6.42 Å². The molecule has 0 unspecified atom stereocenters. The number of hydrogen-bond acceptors (Lipinski definition) is 2. The summed E-state index contributed by atoms with van der Waals surface area (Å²) >= 11 is 0. The molecule has 0 aliphatic carbocycles. The molecular weight excluding hydrogens is 248 g/mol. The summed E-state index contributed by atoms with van der Waals surface area (Å²) in [6.45, 7) is 2.02. The summed E-state index contributed by atoms with van der Waals surface area (Å²) in [4.78, 5) is 12.0. The molecule has 0 aliphatic heterocycles. The fraction of sp³-hybridized carbons (Fsp3) is 0.176. The molecule has 0 spiro atoms. The van der Waals surface area contributed by atoms with Crippen LogP contribution in [0.25, 0.3) is 0 Å². The van der Waals surface area contributed by atoms with E-state index in [1.807, 2.05) is 37.3 Å². The third kappa shape index (κ3) is 3.46. The molecule has 0 bridgehead atoms. The van der Waals surface area contributed by atoms with E-state index < -0.39 is 0 Å². The molecule has 2 aromatic rings. The highest BCUT2D eigenvalue weighted by molar-refractivity contribution is 5.92. The fourth-order valence-corrected chi connectivity index (χ4v) is 2.07. The van der Waals surface area contributed by atoms with Crippen LogP contribution in [0.3, 0.4) is 0 Å². The van der Waals surface area contributed by atoms with Crippen LogP contribution < -0.4 is 5.32 Å². The average Bonchev–Trinajstić information content (AvgIpc) is 2.48. The van der Waals surface area contributed by atoms with E-state index in [4.69, 9.17) is 5.26 Å². The number of anilines is 1. The molecule has 3 heteroatoms. The second-order valence-electron chi connectivity index (χ2n) is 4.72. The number of rotatable bonds is 4. The Hall–Kier alpha value is -2.60. The normalized spacial score (nSPS) is 11.4. The van der Waals surface area contributed by atoms with Crippen molar-refractivity contribution in [3.05, 3.63) is 65.7 Å². The molecule has 0 aliphatic rings. The zero-order chi connectivity index (χ0) is 14.4. The van der Waals surface area contributed by atoms with Crippen LogP contribution in [0, 0.1) is 11.3 Å². The summed E-state index contributed by atoms with van der Waals surface area (Å²) in [5, 5.41) is 11.8. The Morgan fingerprint density at radius 3 is 2.50 bits per heavy atom. The number of nitrogens with one attached hydrogen (secondary N) is 1. The van der Waals surface area contributed by atoms with Gasteiger partial charge in [0.15, 0.2) is 0 Å². The van der Waals surface area contributed by atoms with Crippen molar-refractivity contribution in [1.29, 1.82) is 5.26 Å². The summed E-state index contributed by atoms with van der Waals surface area (Å²) in [5.74, 6) is 0.0644. The molecule has 0 radical (unpaired) electrons. The number of para-hydroxylation sites is 1. The maximum Gasteiger partial charge on any atom is 0.225 e. The SMILES string of the molecule is C[C@H](CC(=O)Nc1ccccc1C#N)c1ccccc1. The lowest BCUT2D eigenvalue weighted by Crippen LogP contribution is -2.15. The Morgan fingerprint density at radius 2 is 1.80 bits per heavy atom. The lowest BCUT2D eigenvalue weighted by molar-refractivity contribution is -0.116. The molecule has 2 aromatic carbocycles. The zero-order valence-electron chi connectivity index (χ0n) is 11.3. The largest absolute Gasteiger partial charge is 0.325 e. The van der Waals surface area contributed by atoms with Gasteiger partial charge in [0.05, 0.1) is 11.3 Å². The predicted octanol–water partition coefficient (Wildman–Crippen LogP) is 3.69. The number of carbonyl (C=O) groups is 1. The smallest absolute Gasteiger partial charge is 0.225 e. The number of amides is 1. The zero-order valence-corrected chi connectivity index (χ0v) is 11.3. The van der Waals surface area contributed by atoms with Crippen molar-refractivity contribution in [3.8, 4) is 6.07 Å². The number of carbonyl (C=O) groups excluding carboxylic acids is 1. The fourth-order valence-electron chi connectivity index (χ4n) is 2.07. The van der Waals surface area contributed by atoms with E-state index in [2.05, 4.69) is 11.4 Å². The van der Waals surface area contributed by atoms with Crippen molar-refractivity contribution < 1.29 is 4.79 Å². The highest BCUT2D eigenvalue weighted by Gasteiger charge is 2.12. The molecule has 1 amide bonds. The van der Waals surface area contributed by atoms with Crippen LogP contribution in [0.4, 0.5) is 5.69 Å². The molecule has 20 heavy (non-hydrogen) atoms. The van der Waals surface area contributed by atoms with Gasteiger partial charge in [-0.15, -0.1) is 0 Å². The molecule has 0 heterocycles. The molecule has 1 atom stereocenters. The Balaban J connectivity index is 2.01. The molecule has 0 aromatic heterocycles. The monoisotopic (exact) mass is 264 g/mol. The second kappa shape index (κ2) is 6.53. The van der Waals surface area contributed by atoms with Gasteiger partial charge in [0.25, 0.3) is 0 Å². The van der Waals surface area contributed by atoms with Gasteiger partial charge >= 0.3 is 0 Å². The van der Waals surface area contributed by atoms with Crippen LogP contribution in [0.15, 0.2) is 54.6 Å². The van der Waals surface area contributed by atoms with Gasteiger partial charge in [0.1, 0.15) is 6.07 Å².